The van der Waals surface area contributed by atoms with Crippen molar-refractivity contribution in [3.05, 3.63) is 30.1 Å². The minimum atomic E-state index is -0.186. The Morgan fingerprint density at radius 1 is 1.20 bits per heavy atom. The topological polar surface area (TPSA) is 15.3 Å². The van der Waals surface area contributed by atoms with Gasteiger partial charge < -0.3 is 5.32 Å². The summed E-state index contributed by atoms with van der Waals surface area (Å²) in [5, 5.41) is 3.31. The van der Waals surface area contributed by atoms with Gasteiger partial charge in [0.25, 0.3) is 0 Å². The molecule has 20 heavy (non-hydrogen) atoms. The molecule has 0 unspecified atom stereocenters. The number of nitrogens with zero attached hydrogens (tertiary/aromatic N) is 1. The summed E-state index contributed by atoms with van der Waals surface area (Å²) in [5.41, 5.74) is 0.860. The molecule has 1 rings (SSSR count). The molecule has 1 N–H and O–H groups in total. The van der Waals surface area contributed by atoms with Crippen LogP contribution in [0.2, 0.25) is 0 Å². The van der Waals surface area contributed by atoms with E-state index in [-0.39, 0.29) is 5.82 Å². The van der Waals surface area contributed by atoms with Crippen molar-refractivity contribution in [3.63, 3.8) is 0 Å². The summed E-state index contributed by atoms with van der Waals surface area (Å²) in [6.07, 6.45) is 2.37. The summed E-state index contributed by atoms with van der Waals surface area (Å²) in [4.78, 5) is 2.55. The van der Waals surface area contributed by atoms with E-state index in [0.29, 0.717) is 12.0 Å². The lowest BCUT2D eigenvalue weighted by atomic mass is 10.1. The summed E-state index contributed by atoms with van der Waals surface area (Å²) in [7, 11) is 0. The fourth-order valence-corrected chi connectivity index (χ4v) is 2.64. The van der Waals surface area contributed by atoms with Crippen molar-refractivity contribution in [1.82, 2.24) is 4.90 Å². The lowest BCUT2D eigenvalue weighted by Crippen LogP contribution is -2.40. The predicted molar refractivity (Wildman–Crippen MR) is 85.7 cm³/mol. The quantitative estimate of drug-likeness (QED) is 0.722. The van der Waals surface area contributed by atoms with Gasteiger partial charge >= 0.3 is 0 Å². The van der Waals surface area contributed by atoms with Crippen molar-refractivity contribution < 1.29 is 4.39 Å². The fourth-order valence-electron chi connectivity index (χ4n) is 2.64. The zero-order valence-electron chi connectivity index (χ0n) is 13.3. The maximum atomic E-state index is 13.1. The second kappa shape index (κ2) is 8.96. The van der Waals surface area contributed by atoms with Gasteiger partial charge in [-0.15, -0.1) is 0 Å². The first kappa shape index (κ1) is 17.0. The van der Waals surface area contributed by atoms with Crippen LogP contribution in [0.15, 0.2) is 24.3 Å². The summed E-state index contributed by atoms with van der Waals surface area (Å²) in [6, 6.07) is 7.31. The molecule has 114 valence electrons. The predicted octanol–water partition coefficient (Wildman–Crippen LogP) is 4.38. The highest BCUT2D eigenvalue weighted by molar-refractivity contribution is 5.42. The van der Waals surface area contributed by atoms with Crippen LogP contribution in [0.3, 0.4) is 0 Å². The average molecular weight is 280 g/mol. The molecule has 1 aromatic carbocycles. The largest absolute Gasteiger partial charge is 0.384 e. The summed E-state index contributed by atoms with van der Waals surface area (Å²) >= 11 is 0. The van der Waals surface area contributed by atoms with E-state index in [4.69, 9.17) is 0 Å². The Morgan fingerprint density at radius 2 is 1.90 bits per heavy atom. The Hall–Kier alpha value is -1.09. The van der Waals surface area contributed by atoms with Gasteiger partial charge in [0.15, 0.2) is 0 Å². The molecule has 0 radical (unpaired) electrons. The van der Waals surface area contributed by atoms with Crippen molar-refractivity contribution in [2.75, 3.05) is 25.0 Å². The van der Waals surface area contributed by atoms with Crippen molar-refractivity contribution in [2.45, 2.75) is 46.6 Å². The number of hydrogen-bond donors (Lipinski definition) is 1. The Labute approximate surface area is 123 Å². The maximum absolute atomic E-state index is 13.1. The van der Waals surface area contributed by atoms with E-state index in [9.17, 15) is 4.39 Å². The monoisotopic (exact) mass is 280 g/mol. The number of benzene rings is 1. The number of hydrogen-bond acceptors (Lipinski definition) is 2. The minimum absolute atomic E-state index is 0.186. The number of anilines is 1. The Bertz CT molecular complexity index is 375. The summed E-state index contributed by atoms with van der Waals surface area (Å²) in [6.45, 7) is 12.0. The molecule has 3 heteroatoms. The lowest BCUT2D eigenvalue weighted by molar-refractivity contribution is 0.172. The molecular weight excluding hydrogens is 251 g/mol. The first-order chi connectivity index (χ1) is 9.56. The molecule has 0 heterocycles. The van der Waals surface area contributed by atoms with Gasteiger partial charge in [-0.3, -0.25) is 4.90 Å². The lowest BCUT2D eigenvalue weighted by Gasteiger charge is -2.32. The molecule has 0 saturated heterocycles. The van der Waals surface area contributed by atoms with E-state index in [0.717, 1.165) is 25.3 Å². The second-order valence-electron chi connectivity index (χ2n) is 5.80. The van der Waals surface area contributed by atoms with Crippen molar-refractivity contribution in [2.24, 2.45) is 5.92 Å². The average Bonchev–Trinajstić information content (AvgIpc) is 2.39. The molecule has 0 spiro atoms. The second-order valence-corrected chi connectivity index (χ2v) is 5.80. The third kappa shape index (κ3) is 5.91. The van der Waals surface area contributed by atoms with Crippen LogP contribution in [0, 0.1) is 11.7 Å². The van der Waals surface area contributed by atoms with Crippen LogP contribution in [-0.4, -0.2) is 30.6 Å². The Morgan fingerprint density at radius 3 is 2.45 bits per heavy atom. The molecule has 0 aromatic heterocycles. The van der Waals surface area contributed by atoms with Gasteiger partial charge in [0.2, 0.25) is 0 Å². The number of halogens is 1. The van der Waals surface area contributed by atoms with Crippen LogP contribution in [-0.2, 0) is 0 Å². The Balaban J connectivity index is 2.49. The highest BCUT2D eigenvalue weighted by atomic mass is 19.1. The normalized spacial score (nSPS) is 11.6. The van der Waals surface area contributed by atoms with Gasteiger partial charge in [0, 0.05) is 31.4 Å². The highest BCUT2D eigenvalue weighted by Gasteiger charge is 2.15. The molecule has 0 aliphatic rings. The molecule has 0 bridgehead atoms. The molecule has 0 atom stereocenters. The molecule has 1 aromatic rings. The zero-order chi connectivity index (χ0) is 15.0. The van der Waals surface area contributed by atoms with Crippen LogP contribution in [0.25, 0.3) is 0 Å². The SMILES string of the molecule is CCC(CC)N(CCNc1cccc(F)c1)CC(C)C. The number of rotatable bonds is 9. The third-order valence-corrected chi connectivity index (χ3v) is 3.61. The smallest absolute Gasteiger partial charge is 0.125 e. The molecular formula is C17H29FN2. The Kier molecular flexibility index (Phi) is 7.60. The van der Waals surface area contributed by atoms with Crippen LogP contribution in [0.4, 0.5) is 10.1 Å². The third-order valence-electron chi connectivity index (χ3n) is 3.61. The van der Waals surface area contributed by atoms with Gasteiger partial charge in [-0.25, -0.2) is 4.39 Å². The van der Waals surface area contributed by atoms with Crippen molar-refractivity contribution >= 4 is 5.69 Å². The van der Waals surface area contributed by atoms with Gasteiger partial charge in [0.05, 0.1) is 0 Å². The van der Waals surface area contributed by atoms with Gasteiger partial charge in [0.1, 0.15) is 5.82 Å². The van der Waals surface area contributed by atoms with Crippen molar-refractivity contribution in [1.29, 1.82) is 0 Å². The van der Waals surface area contributed by atoms with Crippen LogP contribution in [0.1, 0.15) is 40.5 Å². The summed E-state index contributed by atoms with van der Waals surface area (Å²) < 4.78 is 13.1. The fraction of sp³-hybridized carbons (Fsp3) is 0.647. The van der Waals surface area contributed by atoms with E-state index in [1.54, 1.807) is 12.1 Å². The number of nitrogens with one attached hydrogen (secondary N) is 1. The van der Waals surface area contributed by atoms with E-state index in [2.05, 4.69) is 37.9 Å². The highest BCUT2D eigenvalue weighted by Crippen LogP contribution is 2.12. The first-order valence-corrected chi connectivity index (χ1v) is 7.80. The van der Waals surface area contributed by atoms with Crippen LogP contribution >= 0.6 is 0 Å². The van der Waals surface area contributed by atoms with Crippen LogP contribution in [0.5, 0.6) is 0 Å². The van der Waals surface area contributed by atoms with Gasteiger partial charge in [-0.1, -0.05) is 33.8 Å². The van der Waals surface area contributed by atoms with Gasteiger partial charge in [-0.05, 0) is 37.0 Å². The first-order valence-electron chi connectivity index (χ1n) is 7.80. The summed E-state index contributed by atoms with van der Waals surface area (Å²) in [5.74, 6) is 0.485. The molecule has 0 aliphatic heterocycles. The van der Waals surface area contributed by atoms with E-state index >= 15 is 0 Å². The maximum Gasteiger partial charge on any atom is 0.125 e. The van der Waals surface area contributed by atoms with Crippen molar-refractivity contribution in [3.8, 4) is 0 Å². The molecule has 0 saturated carbocycles. The van der Waals surface area contributed by atoms with E-state index < -0.39 is 0 Å². The van der Waals surface area contributed by atoms with Crippen LogP contribution < -0.4 is 5.32 Å². The molecule has 0 fully saturated rings. The zero-order valence-corrected chi connectivity index (χ0v) is 13.3. The van der Waals surface area contributed by atoms with E-state index in [1.165, 1.54) is 18.9 Å². The molecule has 0 amide bonds. The molecule has 2 nitrogen and oxygen atoms in total. The minimum Gasteiger partial charge on any atom is -0.384 e. The van der Waals surface area contributed by atoms with Gasteiger partial charge in [-0.2, -0.15) is 0 Å². The standard InChI is InChI=1S/C17H29FN2/c1-5-17(6-2)20(13-14(3)4)11-10-19-16-9-7-8-15(18)12-16/h7-9,12,14,17,19H,5-6,10-11,13H2,1-4H3. The van der Waals surface area contributed by atoms with E-state index in [1.807, 2.05) is 6.07 Å². The molecule has 0 aliphatic carbocycles.